The molecule has 7 nitrogen and oxygen atoms in total. The zero-order valence-electron chi connectivity index (χ0n) is 12.0. The molecule has 0 saturated carbocycles. The van der Waals surface area contributed by atoms with E-state index in [-0.39, 0.29) is 12.3 Å². The Morgan fingerprint density at radius 3 is 2.82 bits per heavy atom. The number of carbonyl (C=O) groups excluding carboxylic acids is 2. The van der Waals surface area contributed by atoms with Gasteiger partial charge in [-0.15, -0.1) is 11.3 Å². The average molecular weight is 320 g/mol. The number of hydrogen-bond acceptors (Lipinski definition) is 6. The fraction of sp³-hybridized carbons (Fsp3) is 0.286. The fourth-order valence-electron chi connectivity index (χ4n) is 1.63. The van der Waals surface area contributed by atoms with Crippen LogP contribution in [0.2, 0.25) is 0 Å². The lowest BCUT2D eigenvalue weighted by molar-refractivity contribution is -0.120. The summed E-state index contributed by atoms with van der Waals surface area (Å²) in [5.41, 5.74) is 1.58. The van der Waals surface area contributed by atoms with Gasteiger partial charge in [-0.1, -0.05) is 0 Å². The average Bonchev–Trinajstić information content (AvgIpc) is 2.93. The summed E-state index contributed by atoms with van der Waals surface area (Å²) in [5.74, 6) is -0.134. The number of anilines is 1. The van der Waals surface area contributed by atoms with Gasteiger partial charge in [0.15, 0.2) is 5.13 Å². The van der Waals surface area contributed by atoms with Crippen molar-refractivity contribution in [2.24, 2.45) is 0 Å². The number of nitrogens with zero attached hydrogens (tertiary/aromatic N) is 2. The molecule has 0 saturated heterocycles. The van der Waals surface area contributed by atoms with Gasteiger partial charge in [-0.25, -0.2) is 9.78 Å². The molecule has 8 heteroatoms. The topological polar surface area (TPSA) is 93.2 Å². The Bertz CT molecular complexity index is 630. The summed E-state index contributed by atoms with van der Waals surface area (Å²) in [6.07, 6.45) is 2.96. The number of nitrogens with one attached hydrogen (secondary N) is 2. The lowest BCUT2D eigenvalue weighted by Crippen LogP contribution is -2.24. The monoisotopic (exact) mass is 320 g/mol. The zero-order chi connectivity index (χ0) is 15.8. The highest BCUT2D eigenvalue weighted by Crippen LogP contribution is 2.16. The summed E-state index contributed by atoms with van der Waals surface area (Å²) in [5, 5.41) is 7.45. The molecule has 22 heavy (non-hydrogen) atoms. The van der Waals surface area contributed by atoms with Crippen LogP contribution >= 0.6 is 11.3 Å². The highest BCUT2D eigenvalue weighted by atomic mass is 32.1. The Morgan fingerprint density at radius 1 is 1.32 bits per heavy atom. The number of hydrogen-bond donors (Lipinski definition) is 2. The summed E-state index contributed by atoms with van der Waals surface area (Å²) in [7, 11) is 0. The molecule has 0 atom stereocenters. The van der Waals surface area contributed by atoms with Crippen molar-refractivity contribution < 1.29 is 14.3 Å². The van der Waals surface area contributed by atoms with Crippen molar-refractivity contribution in [3.63, 3.8) is 0 Å². The predicted octanol–water partition coefficient (Wildman–Crippen LogP) is 1.97. The minimum absolute atomic E-state index is 0.134. The van der Waals surface area contributed by atoms with Crippen LogP contribution in [0, 0.1) is 0 Å². The molecule has 2 rings (SSSR count). The van der Waals surface area contributed by atoms with Crippen molar-refractivity contribution in [2.45, 2.75) is 19.9 Å². The summed E-state index contributed by atoms with van der Waals surface area (Å²) in [4.78, 5) is 31.2. The maximum absolute atomic E-state index is 11.8. The van der Waals surface area contributed by atoms with Crippen LogP contribution in [0.1, 0.15) is 18.2 Å². The highest BCUT2D eigenvalue weighted by molar-refractivity contribution is 7.13. The van der Waals surface area contributed by atoms with Crippen molar-refractivity contribution in [1.29, 1.82) is 0 Å². The van der Waals surface area contributed by atoms with Crippen LogP contribution in [-0.2, 0) is 22.5 Å². The number of aromatic nitrogens is 2. The van der Waals surface area contributed by atoms with Crippen molar-refractivity contribution in [2.75, 3.05) is 11.9 Å². The van der Waals surface area contributed by atoms with E-state index in [4.69, 9.17) is 4.74 Å². The van der Waals surface area contributed by atoms with Crippen LogP contribution < -0.4 is 10.6 Å². The number of thiazole rings is 1. The van der Waals surface area contributed by atoms with Gasteiger partial charge < -0.3 is 10.1 Å². The third kappa shape index (κ3) is 5.13. The zero-order valence-corrected chi connectivity index (χ0v) is 12.9. The van der Waals surface area contributed by atoms with Crippen LogP contribution in [0.4, 0.5) is 9.93 Å². The van der Waals surface area contributed by atoms with Crippen LogP contribution in [-0.4, -0.2) is 28.6 Å². The van der Waals surface area contributed by atoms with Gasteiger partial charge in [-0.2, -0.15) is 0 Å². The van der Waals surface area contributed by atoms with Crippen LogP contribution in [0.15, 0.2) is 29.9 Å². The fourth-order valence-corrected chi connectivity index (χ4v) is 2.32. The quantitative estimate of drug-likeness (QED) is 0.848. The first-order chi connectivity index (χ1) is 10.7. The first-order valence-electron chi connectivity index (χ1n) is 6.71. The summed E-state index contributed by atoms with van der Waals surface area (Å²) in [6, 6.07) is 3.68. The second kappa shape index (κ2) is 8.08. The van der Waals surface area contributed by atoms with Gasteiger partial charge in [0.25, 0.3) is 0 Å². The Morgan fingerprint density at radius 2 is 2.09 bits per heavy atom. The molecular formula is C14H16N4O3S. The van der Waals surface area contributed by atoms with Crippen LogP contribution in [0.5, 0.6) is 0 Å². The summed E-state index contributed by atoms with van der Waals surface area (Å²) in [6.45, 7) is 2.46. The molecule has 2 N–H and O–H groups in total. The third-order valence-corrected chi connectivity index (χ3v) is 3.42. The van der Waals surface area contributed by atoms with Crippen molar-refractivity contribution in [3.8, 4) is 0 Å². The van der Waals surface area contributed by atoms with E-state index < -0.39 is 6.09 Å². The second-order valence-corrected chi connectivity index (χ2v) is 5.16. The van der Waals surface area contributed by atoms with Gasteiger partial charge in [-0.3, -0.25) is 15.1 Å². The van der Waals surface area contributed by atoms with Gasteiger partial charge in [0, 0.05) is 24.3 Å². The van der Waals surface area contributed by atoms with Gasteiger partial charge in [0.1, 0.15) is 0 Å². The highest BCUT2D eigenvalue weighted by Gasteiger charge is 2.10. The number of rotatable bonds is 6. The van der Waals surface area contributed by atoms with E-state index in [1.807, 2.05) is 12.1 Å². The largest absolute Gasteiger partial charge is 0.450 e. The molecule has 0 aromatic carbocycles. The third-order valence-electron chi connectivity index (χ3n) is 2.62. The molecule has 0 bridgehead atoms. The van der Waals surface area contributed by atoms with Gasteiger partial charge in [0.2, 0.25) is 5.91 Å². The number of pyridine rings is 1. The minimum atomic E-state index is -0.550. The minimum Gasteiger partial charge on any atom is -0.450 e. The molecule has 116 valence electrons. The maximum atomic E-state index is 11.8. The lowest BCUT2D eigenvalue weighted by atomic mass is 10.2. The molecule has 0 aliphatic heterocycles. The molecule has 2 heterocycles. The van der Waals surface area contributed by atoms with Gasteiger partial charge in [0.05, 0.1) is 18.7 Å². The van der Waals surface area contributed by atoms with E-state index in [9.17, 15) is 9.59 Å². The standard InChI is InChI=1S/C14H16N4O3S/c1-2-21-14(20)18-13-17-11(9-22-13)7-12(19)16-8-10-3-5-15-6-4-10/h3-6,9H,2,7-8H2,1H3,(H,16,19)(H,17,18,20). The van der Waals surface area contributed by atoms with E-state index in [2.05, 4.69) is 20.6 Å². The molecule has 0 radical (unpaired) electrons. The number of carbonyl (C=O) groups is 2. The molecule has 2 aromatic heterocycles. The molecule has 0 unspecified atom stereocenters. The molecule has 0 aliphatic carbocycles. The Kier molecular flexibility index (Phi) is 5.84. The van der Waals surface area contributed by atoms with Crippen molar-refractivity contribution in [1.82, 2.24) is 15.3 Å². The first-order valence-corrected chi connectivity index (χ1v) is 7.59. The molecule has 2 amide bonds. The molecule has 0 spiro atoms. The van der Waals surface area contributed by atoms with Crippen molar-refractivity contribution >= 4 is 28.5 Å². The molecule has 2 aromatic rings. The lowest BCUT2D eigenvalue weighted by Gasteiger charge is -2.03. The van der Waals surface area contributed by atoms with E-state index in [1.165, 1.54) is 11.3 Å². The van der Waals surface area contributed by atoms with Gasteiger partial charge >= 0.3 is 6.09 Å². The smallest absolute Gasteiger partial charge is 0.413 e. The first kappa shape index (κ1) is 15.9. The van der Waals surface area contributed by atoms with E-state index in [0.29, 0.717) is 24.0 Å². The maximum Gasteiger partial charge on any atom is 0.413 e. The number of amides is 2. The van der Waals surface area contributed by atoms with Crippen LogP contribution in [0.3, 0.4) is 0 Å². The molecule has 0 aliphatic rings. The van der Waals surface area contributed by atoms with E-state index in [1.54, 1.807) is 24.7 Å². The Labute approximate surface area is 131 Å². The second-order valence-electron chi connectivity index (χ2n) is 4.30. The van der Waals surface area contributed by atoms with E-state index in [0.717, 1.165) is 5.56 Å². The van der Waals surface area contributed by atoms with Gasteiger partial charge in [-0.05, 0) is 24.6 Å². The molecule has 0 fully saturated rings. The van der Waals surface area contributed by atoms with Crippen molar-refractivity contribution in [3.05, 3.63) is 41.2 Å². The Hall–Kier alpha value is -2.48. The van der Waals surface area contributed by atoms with E-state index >= 15 is 0 Å². The normalized spacial score (nSPS) is 10.0. The SMILES string of the molecule is CCOC(=O)Nc1nc(CC(=O)NCc2ccncc2)cs1. The number of ether oxygens (including phenoxy) is 1. The Balaban J connectivity index is 1.79. The van der Waals surface area contributed by atoms with Crippen LogP contribution in [0.25, 0.3) is 0 Å². The molecular weight excluding hydrogens is 304 g/mol. The summed E-state index contributed by atoms with van der Waals surface area (Å²) >= 11 is 1.25. The predicted molar refractivity (Wildman–Crippen MR) is 82.5 cm³/mol. The summed E-state index contributed by atoms with van der Waals surface area (Å²) < 4.78 is 4.76.